The highest BCUT2D eigenvalue weighted by molar-refractivity contribution is 7.99. The molecule has 252 valence electrons. The van der Waals surface area contributed by atoms with Crippen molar-refractivity contribution in [3.63, 3.8) is 0 Å². The van der Waals surface area contributed by atoms with Gasteiger partial charge in [-0.2, -0.15) is 5.10 Å². The van der Waals surface area contributed by atoms with Gasteiger partial charge in [-0.05, 0) is 78.4 Å². The predicted octanol–water partition coefficient (Wildman–Crippen LogP) is 6.37. The Morgan fingerprint density at radius 3 is 2.45 bits per heavy atom. The molecule has 6 rings (SSSR count). The zero-order chi connectivity index (χ0) is 34.5. The van der Waals surface area contributed by atoms with Crippen molar-refractivity contribution in [3.05, 3.63) is 111 Å². The Bertz CT molecular complexity index is 1990. The highest BCUT2D eigenvalue weighted by atomic mass is 32.2. The molecule has 0 fully saturated rings. The van der Waals surface area contributed by atoms with E-state index in [-0.39, 0.29) is 30.2 Å². The van der Waals surface area contributed by atoms with Gasteiger partial charge >= 0.3 is 0 Å². The number of aryl methyl sites for hydroxylation is 1. The summed E-state index contributed by atoms with van der Waals surface area (Å²) < 4.78 is 17.9. The number of methoxy groups -OCH3 is 3. The molecule has 13 heteroatoms. The number of aromatic nitrogens is 3. The lowest BCUT2D eigenvalue weighted by Crippen LogP contribution is -2.28. The Kier molecular flexibility index (Phi) is 10.3. The standard InChI is InChI=1S/C36H36N6O5S2/c1-22-8-6-9-28(23(22)2)41-33(20-37-35(44)25-13-16-30(46-4)31(18-25)47-5)38-39-36(41)49-21-34(43)42-29(24-11-14-26(45-3)15-12-24)19-27(40-42)32-10-7-17-48-32/h6-18,29H,19-21H2,1-5H3,(H,37,44). The molecule has 0 bridgehead atoms. The van der Waals surface area contributed by atoms with Gasteiger partial charge in [-0.15, -0.1) is 21.5 Å². The molecule has 5 aromatic rings. The summed E-state index contributed by atoms with van der Waals surface area (Å²) in [5.74, 6) is 1.87. The molecule has 3 heterocycles. The van der Waals surface area contributed by atoms with Crippen LogP contribution < -0.4 is 19.5 Å². The molecular weight excluding hydrogens is 661 g/mol. The van der Waals surface area contributed by atoms with Crippen molar-refractivity contribution in [1.82, 2.24) is 25.1 Å². The van der Waals surface area contributed by atoms with E-state index in [9.17, 15) is 9.59 Å². The van der Waals surface area contributed by atoms with Gasteiger partial charge in [-0.1, -0.05) is 42.1 Å². The largest absolute Gasteiger partial charge is 0.497 e. The van der Waals surface area contributed by atoms with E-state index < -0.39 is 0 Å². The fourth-order valence-electron chi connectivity index (χ4n) is 5.58. The Balaban J connectivity index is 1.25. The molecular formula is C36H36N6O5S2. The van der Waals surface area contributed by atoms with E-state index in [1.54, 1.807) is 48.8 Å². The summed E-state index contributed by atoms with van der Waals surface area (Å²) in [4.78, 5) is 28.1. The lowest BCUT2D eigenvalue weighted by atomic mass is 10.0. The van der Waals surface area contributed by atoms with Crippen LogP contribution in [0.15, 0.2) is 88.4 Å². The number of nitrogens with zero attached hydrogens (tertiary/aromatic N) is 5. The monoisotopic (exact) mass is 696 g/mol. The van der Waals surface area contributed by atoms with Gasteiger partial charge in [0.1, 0.15) is 5.75 Å². The molecule has 2 amide bonds. The van der Waals surface area contributed by atoms with Crippen molar-refractivity contribution in [1.29, 1.82) is 0 Å². The number of carbonyl (C=O) groups is 2. The number of amides is 2. The molecule has 1 aliphatic heterocycles. The predicted molar refractivity (Wildman–Crippen MR) is 190 cm³/mol. The molecule has 0 radical (unpaired) electrons. The van der Waals surface area contributed by atoms with Gasteiger partial charge in [0, 0.05) is 12.0 Å². The molecule has 1 atom stereocenters. The number of hydrazone groups is 1. The maximum atomic E-state index is 13.9. The molecule has 1 unspecified atom stereocenters. The average molecular weight is 697 g/mol. The lowest BCUT2D eigenvalue weighted by Gasteiger charge is -2.22. The van der Waals surface area contributed by atoms with Crippen LogP contribution in [0.25, 0.3) is 5.69 Å². The average Bonchev–Trinajstić information content (AvgIpc) is 3.91. The van der Waals surface area contributed by atoms with Crippen molar-refractivity contribution in [2.45, 2.75) is 38.0 Å². The van der Waals surface area contributed by atoms with Crippen LogP contribution in [-0.2, 0) is 11.3 Å². The van der Waals surface area contributed by atoms with Gasteiger partial charge in [0.15, 0.2) is 22.5 Å². The molecule has 3 aromatic carbocycles. The van der Waals surface area contributed by atoms with Crippen molar-refractivity contribution < 1.29 is 23.8 Å². The SMILES string of the molecule is COc1ccc(C2CC(c3cccs3)=NN2C(=O)CSc2nnc(CNC(=O)c3ccc(OC)c(OC)c3)n2-c2cccc(C)c2C)cc1. The van der Waals surface area contributed by atoms with Gasteiger partial charge in [-0.3, -0.25) is 14.2 Å². The van der Waals surface area contributed by atoms with Crippen LogP contribution in [0.1, 0.15) is 50.2 Å². The number of rotatable bonds is 12. The number of thioether (sulfide) groups is 1. The first-order valence-corrected chi connectivity index (χ1v) is 17.4. The van der Waals surface area contributed by atoms with Gasteiger partial charge in [-0.25, -0.2) is 5.01 Å². The summed E-state index contributed by atoms with van der Waals surface area (Å²) >= 11 is 2.89. The van der Waals surface area contributed by atoms with Crippen molar-refractivity contribution in [3.8, 4) is 22.9 Å². The van der Waals surface area contributed by atoms with E-state index in [1.165, 1.54) is 18.9 Å². The van der Waals surface area contributed by atoms with E-state index >= 15 is 0 Å². The van der Waals surface area contributed by atoms with E-state index in [0.717, 1.165) is 38.7 Å². The van der Waals surface area contributed by atoms with Gasteiger partial charge < -0.3 is 19.5 Å². The van der Waals surface area contributed by atoms with Crippen molar-refractivity contribution in [2.24, 2.45) is 5.10 Å². The summed E-state index contributed by atoms with van der Waals surface area (Å²) in [6.07, 6.45) is 0.603. The third-order valence-electron chi connectivity index (χ3n) is 8.37. The quantitative estimate of drug-likeness (QED) is 0.150. The highest BCUT2D eigenvalue weighted by Gasteiger charge is 2.34. The Morgan fingerprint density at radius 2 is 1.73 bits per heavy atom. The van der Waals surface area contributed by atoms with Crippen LogP contribution in [-0.4, -0.2) is 64.4 Å². The van der Waals surface area contributed by atoms with Gasteiger partial charge in [0.05, 0.1) is 55.9 Å². The highest BCUT2D eigenvalue weighted by Crippen LogP contribution is 2.36. The van der Waals surface area contributed by atoms with Crippen LogP contribution in [0, 0.1) is 13.8 Å². The Labute approximate surface area is 292 Å². The summed E-state index contributed by atoms with van der Waals surface area (Å²) in [6, 6.07) is 22.5. The minimum atomic E-state index is -0.307. The van der Waals surface area contributed by atoms with Crippen LogP contribution in [0.5, 0.6) is 17.2 Å². The normalized spacial score (nSPS) is 14.0. The second-order valence-electron chi connectivity index (χ2n) is 11.2. The second kappa shape index (κ2) is 15.0. The number of nitrogens with one attached hydrogen (secondary N) is 1. The first-order valence-electron chi connectivity index (χ1n) is 15.5. The third kappa shape index (κ3) is 7.18. The smallest absolute Gasteiger partial charge is 0.253 e. The minimum absolute atomic E-state index is 0.0782. The Hall–Kier alpha value is -5.14. The third-order valence-corrected chi connectivity index (χ3v) is 10.2. The van der Waals surface area contributed by atoms with Crippen LogP contribution in [0.3, 0.4) is 0 Å². The molecule has 0 saturated heterocycles. The first kappa shape index (κ1) is 33.7. The summed E-state index contributed by atoms with van der Waals surface area (Å²) in [7, 11) is 4.69. The lowest BCUT2D eigenvalue weighted by molar-refractivity contribution is -0.130. The molecule has 49 heavy (non-hydrogen) atoms. The number of hydrogen-bond acceptors (Lipinski definition) is 10. The molecule has 2 aromatic heterocycles. The zero-order valence-corrected chi connectivity index (χ0v) is 29.4. The first-order chi connectivity index (χ1) is 23.8. The summed E-state index contributed by atoms with van der Waals surface area (Å²) in [5, 5.41) is 20.8. The minimum Gasteiger partial charge on any atom is -0.497 e. The van der Waals surface area contributed by atoms with Crippen LogP contribution in [0.2, 0.25) is 0 Å². The molecule has 0 saturated carbocycles. The van der Waals surface area contributed by atoms with Gasteiger partial charge in [0.2, 0.25) is 0 Å². The summed E-state index contributed by atoms with van der Waals surface area (Å²) in [6.45, 7) is 4.16. The maximum absolute atomic E-state index is 13.9. The second-order valence-corrected chi connectivity index (χ2v) is 13.1. The van der Waals surface area contributed by atoms with Crippen molar-refractivity contribution >= 4 is 40.6 Å². The molecule has 0 aliphatic carbocycles. The fourth-order valence-corrected chi connectivity index (χ4v) is 7.11. The van der Waals surface area contributed by atoms with Crippen molar-refractivity contribution in [2.75, 3.05) is 27.1 Å². The number of hydrogen-bond donors (Lipinski definition) is 1. The molecule has 11 nitrogen and oxygen atoms in total. The van der Waals surface area contributed by atoms with E-state index in [1.807, 2.05) is 78.4 Å². The zero-order valence-electron chi connectivity index (χ0n) is 27.8. The molecule has 1 N–H and O–H groups in total. The van der Waals surface area contributed by atoms with E-state index in [0.29, 0.717) is 34.5 Å². The number of benzene rings is 3. The number of carbonyl (C=O) groups excluding carboxylic acids is 2. The molecule has 1 aliphatic rings. The topological polar surface area (TPSA) is 120 Å². The molecule has 0 spiro atoms. The fraction of sp³-hybridized carbons (Fsp3) is 0.250. The maximum Gasteiger partial charge on any atom is 0.253 e. The van der Waals surface area contributed by atoms with Crippen LogP contribution >= 0.6 is 23.1 Å². The van der Waals surface area contributed by atoms with Gasteiger partial charge in [0.25, 0.3) is 11.8 Å². The number of thiophene rings is 1. The Morgan fingerprint density at radius 1 is 0.939 bits per heavy atom. The van der Waals surface area contributed by atoms with E-state index in [4.69, 9.17) is 19.3 Å². The van der Waals surface area contributed by atoms with E-state index in [2.05, 4.69) is 15.5 Å². The summed E-state index contributed by atoms with van der Waals surface area (Å²) in [5.41, 5.74) is 5.25. The number of ether oxygens (including phenoxy) is 3. The van der Waals surface area contributed by atoms with Crippen LogP contribution in [0.4, 0.5) is 0 Å².